The van der Waals surface area contributed by atoms with Crippen LogP contribution < -0.4 is 10.2 Å². The van der Waals surface area contributed by atoms with Crippen LogP contribution in [-0.4, -0.2) is 23.7 Å². The first-order valence-electron chi connectivity index (χ1n) is 8.79. The SMILES string of the molecule is Cc1ccc(OCC(=O)N/N=C\c2ccc(-c3ccc([N+](=O)[O-])cc3C)o2)cc1. The van der Waals surface area contributed by atoms with Crippen molar-refractivity contribution in [1.29, 1.82) is 0 Å². The van der Waals surface area contributed by atoms with Gasteiger partial charge in [0.1, 0.15) is 17.3 Å². The molecular formula is C21H19N3O5. The Labute approximate surface area is 167 Å². The van der Waals surface area contributed by atoms with Crippen molar-refractivity contribution >= 4 is 17.8 Å². The summed E-state index contributed by atoms with van der Waals surface area (Å²) in [6.45, 7) is 3.58. The Morgan fingerprint density at radius 2 is 1.93 bits per heavy atom. The molecule has 1 N–H and O–H groups in total. The van der Waals surface area contributed by atoms with Crippen molar-refractivity contribution in [2.45, 2.75) is 13.8 Å². The molecule has 1 amide bonds. The van der Waals surface area contributed by atoms with Crippen LogP contribution in [0.1, 0.15) is 16.9 Å². The number of nitrogens with zero attached hydrogens (tertiary/aromatic N) is 2. The molecule has 0 unspecified atom stereocenters. The molecule has 8 nitrogen and oxygen atoms in total. The largest absolute Gasteiger partial charge is 0.484 e. The number of carbonyl (C=O) groups is 1. The number of non-ortho nitro benzene ring substituents is 1. The number of carbonyl (C=O) groups excluding carboxylic acids is 1. The Morgan fingerprint density at radius 3 is 2.62 bits per heavy atom. The van der Waals surface area contributed by atoms with Crippen molar-refractivity contribution in [3.8, 4) is 17.1 Å². The molecule has 0 aliphatic carbocycles. The van der Waals surface area contributed by atoms with Crippen LogP contribution in [0.4, 0.5) is 5.69 Å². The van der Waals surface area contributed by atoms with E-state index in [0.717, 1.165) is 16.7 Å². The Kier molecular flexibility index (Phi) is 6.03. The lowest BCUT2D eigenvalue weighted by molar-refractivity contribution is -0.384. The van der Waals surface area contributed by atoms with E-state index in [4.69, 9.17) is 9.15 Å². The van der Waals surface area contributed by atoms with Gasteiger partial charge in [0.05, 0.1) is 11.1 Å². The maximum absolute atomic E-state index is 11.8. The van der Waals surface area contributed by atoms with Gasteiger partial charge in [-0.15, -0.1) is 0 Å². The molecular weight excluding hydrogens is 374 g/mol. The summed E-state index contributed by atoms with van der Waals surface area (Å²) in [5, 5.41) is 14.7. The molecule has 1 heterocycles. The Morgan fingerprint density at radius 1 is 1.17 bits per heavy atom. The maximum atomic E-state index is 11.8. The van der Waals surface area contributed by atoms with Crippen LogP contribution in [0.3, 0.4) is 0 Å². The number of furan rings is 1. The Bertz CT molecular complexity index is 1050. The van der Waals surface area contributed by atoms with Crippen molar-refractivity contribution < 1.29 is 18.9 Å². The lowest BCUT2D eigenvalue weighted by Crippen LogP contribution is -2.24. The first kappa shape index (κ1) is 19.8. The van der Waals surface area contributed by atoms with Gasteiger partial charge in [-0.1, -0.05) is 17.7 Å². The van der Waals surface area contributed by atoms with Crippen LogP contribution in [0.2, 0.25) is 0 Å². The molecule has 3 aromatic rings. The topological polar surface area (TPSA) is 107 Å². The predicted molar refractivity (Wildman–Crippen MR) is 108 cm³/mol. The number of hydrazone groups is 1. The van der Waals surface area contributed by atoms with E-state index in [1.54, 1.807) is 37.3 Å². The third-order valence-corrected chi connectivity index (χ3v) is 4.09. The second-order valence-electron chi connectivity index (χ2n) is 6.35. The van der Waals surface area contributed by atoms with Gasteiger partial charge in [-0.2, -0.15) is 5.10 Å². The van der Waals surface area contributed by atoms with Gasteiger partial charge in [-0.05, 0) is 49.7 Å². The third-order valence-electron chi connectivity index (χ3n) is 4.09. The quantitative estimate of drug-likeness (QED) is 0.371. The van der Waals surface area contributed by atoms with E-state index in [1.165, 1.54) is 18.3 Å². The molecule has 0 aliphatic rings. The summed E-state index contributed by atoms with van der Waals surface area (Å²) in [5.41, 5.74) is 4.95. The second-order valence-corrected chi connectivity index (χ2v) is 6.35. The highest BCUT2D eigenvalue weighted by molar-refractivity contribution is 5.81. The zero-order valence-corrected chi connectivity index (χ0v) is 15.9. The number of benzene rings is 2. The number of nitro groups is 1. The smallest absolute Gasteiger partial charge is 0.277 e. The van der Waals surface area contributed by atoms with Gasteiger partial charge >= 0.3 is 0 Å². The van der Waals surface area contributed by atoms with Crippen molar-refractivity contribution in [3.05, 3.63) is 81.6 Å². The van der Waals surface area contributed by atoms with E-state index in [9.17, 15) is 14.9 Å². The summed E-state index contributed by atoms with van der Waals surface area (Å²) in [6, 6.07) is 15.3. The maximum Gasteiger partial charge on any atom is 0.277 e. The molecule has 2 aromatic carbocycles. The van der Waals surface area contributed by atoms with Crippen molar-refractivity contribution in [2.24, 2.45) is 5.10 Å². The van der Waals surface area contributed by atoms with Gasteiger partial charge in [0.25, 0.3) is 11.6 Å². The lowest BCUT2D eigenvalue weighted by atomic mass is 10.1. The van der Waals surface area contributed by atoms with E-state index < -0.39 is 10.8 Å². The van der Waals surface area contributed by atoms with Gasteiger partial charge in [-0.25, -0.2) is 5.43 Å². The second kappa shape index (κ2) is 8.83. The molecule has 0 saturated carbocycles. The number of nitrogens with one attached hydrogen (secondary N) is 1. The zero-order chi connectivity index (χ0) is 20.8. The van der Waals surface area contributed by atoms with Crippen LogP contribution in [0.25, 0.3) is 11.3 Å². The zero-order valence-electron chi connectivity index (χ0n) is 15.9. The van der Waals surface area contributed by atoms with Crippen molar-refractivity contribution in [3.63, 3.8) is 0 Å². The van der Waals surface area contributed by atoms with Crippen LogP contribution in [0.15, 0.2) is 64.1 Å². The number of hydrogen-bond acceptors (Lipinski definition) is 6. The minimum absolute atomic E-state index is 0.0233. The molecule has 1 aromatic heterocycles. The normalized spacial score (nSPS) is 10.8. The monoisotopic (exact) mass is 393 g/mol. The number of ether oxygens (including phenoxy) is 1. The fraction of sp³-hybridized carbons (Fsp3) is 0.143. The van der Waals surface area contributed by atoms with E-state index in [1.807, 2.05) is 19.1 Å². The van der Waals surface area contributed by atoms with Gasteiger partial charge < -0.3 is 9.15 Å². The standard InChI is InChI=1S/C21H19N3O5/c1-14-3-6-17(7-4-14)28-13-21(25)23-22-12-18-8-10-20(29-18)19-9-5-16(24(26)27)11-15(19)2/h3-12H,13H2,1-2H3,(H,23,25)/b22-12-. The minimum Gasteiger partial charge on any atom is -0.484 e. The number of nitro benzene ring substituents is 1. The van der Waals surface area contributed by atoms with Gasteiger partial charge in [0.2, 0.25) is 0 Å². The number of rotatable bonds is 7. The summed E-state index contributed by atoms with van der Waals surface area (Å²) in [4.78, 5) is 22.2. The number of aryl methyl sites for hydroxylation is 2. The van der Waals surface area contributed by atoms with Crippen molar-refractivity contribution in [1.82, 2.24) is 5.43 Å². The molecule has 0 fully saturated rings. The predicted octanol–water partition coefficient (Wildman–Crippen LogP) is 4.00. The summed E-state index contributed by atoms with van der Waals surface area (Å²) in [6.07, 6.45) is 1.37. The molecule has 0 bridgehead atoms. The fourth-order valence-corrected chi connectivity index (χ4v) is 2.59. The first-order chi connectivity index (χ1) is 13.9. The van der Waals surface area contributed by atoms with E-state index in [2.05, 4.69) is 10.5 Å². The molecule has 0 spiro atoms. The average molecular weight is 393 g/mol. The fourth-order valence-electron chi connectivity index (χ4n) is 2.59. The van der Waals surface area contributed by atoms with Gasteiger partial charge in [0.15, 0.2) is 6.61 Å². The van der Waals surface area contributed by atoms with E-state index in [-0.39, 0.29) is 12.3 Å². The average Bonchev–Trinajstić information content (AvgIpc) is 3.16. The molecule has 8 heteroatoms. The van der Waals surface area contributed by atoms with Crippen LogP contribution in [-0.2, 0) is 4.79 Å². The summed E-state index contributed by atoms with van der Waals surface area (Å²) >= 11 is 0. The third kappa shape index (κ3) is 5.29. The molecule has 3 rings (SSSR count). The lowest BCUT2D eigenvalue weighted by Gasteiger charge is -2.04. The summed E-state index contributed by atoms with van der Waals surface area (Å²) < 4.78 is 11.0. The molecule has 0 aliphatic heterocycles. The van der Waals surface area contributed by atoms with Gasteiger partial charge in [-0.3, -0.25) is 14.9 Å². The van der Waals surface area contributed by atoms with Gasteiger partial charge in [0, 0.05) is 17.7 Å². The number of hydrogen-bond donors (Lipinski definition) is 1. The van der Waals surface area contributed by atoms with Crippen LogP contribution in [0, 0.1) is 24.0 Å². The highest BCUT2D eigenvalue weighted by Gasteiger charge is 2.12. The molecule has 0 radical (unpaired) electrons. The summed E-state index contributed by atoms with van der Waals surface area (Å²) in [7, 11) is 0. The summed E-state index contributed by atoms with van der Waals surface area (Å²) in [5.74, 6) is 1.18. The highest BCUT2D eigenvalue weighted by Crippen LogP contribution is 2.28. The van der Waals surface area contributed by atoms with Crippen LogP contribution in [0.5, 0.6) is 5.75 Å². The molecule has 0 atom stereocenters. The van der Waals surface area contributed by atoms with Crippen LogP contribution >= 0.6 is 0 Å². The van der Waals surface area contributed by atoms with Crippen molar-refractivity contribution in [2.75, 3.05) is 6.61 Å². The molecule has 148 valence electrons. The molecule has 29 heavy (non-hydrogen) atoms. The van der Waals surface area contributed by atoms with E-state index in [0.29, 0.717) is 17.3 Å². The Balaban J connectivity index is 1.55. The Hall–Kier alpha value is -3.94. The van der Waals surface area contributed by atoms with E-state index >= 15 is 0 Å². The molecule has 0 saturated heterocycles. The minimum atomic E-state index is -0.442. The number of amides is 1. The highest BCUT2D eigenvalue weighted by atomic mass is 16.6. The first-order valence-corrected chi connectivity index (χ1v) is 8.79.